The van der Waals surface area contributed by atoms with Crippen molar-refractivity contribution in [3.8, 4) is 21.8 Å². The lowest BCUT2D eigenvalue weighted by atomic mass is 10.1. The molecule has 230 valence electrons. The number of para-hydroxylation sites is 1. The fraction of sp³-hybridized carbons (Fsp3) is 0.303. The normalized spacial score (nSPS) is 15.2. The number of nitrogens with zero attached hydrogens (tertiary/aromatic N) is 7. The van der Waals surface area contributed by atoms with Crippen molar-refractivity contribution in [2.24, 2.45) is 0 Å². The summed E-state index contributed by atoms with van der Waals surface area (Å²) >= 11 is 1.54. The smallest absolute Gasteiger partial charge is 0.365 e. The molecule has 3 aromatic heterocycles. The van der Waals surface area contributed by atoms with E-state index in [4.69, 9.17) is 24.4 Å². The Hall–Kier alpha value is -4.65. The van der Waals surface area contributed by atoms with E-state index < -0.39 is 5.97 Å². The first-order valence-corrected chi connectivity index (χ1v) is 16.0. The van der Waals surface area contributed by atoms with E-state index in [0.29, 0.717) is 16.6 Å². The van der Waals surface area contributed by atoms with Gasteiger partial charge in [-0.15, -0.1) is 5.10 Å². The molecule has 1 aliphatic heterocycles. The number of unbranched alkanes of at least 4 members (excludes halogenated alkanes) is 1. The first kappa shape index (κ1) is 29.1. The van der Waals surface area contributed by atoms with E-state index >= 15 is 0 Å². The van der Waals surface area contributed by atoms with Gasteiger partial charge in [-0.2, -0.15) is 5.10 Å². The van der Waals surface area contributed by atoms with E-state index in [1.165, 1.54) is 29.9 Å². The van der Waals surface area contributed by atoms with E-state index in [2.05, 4.69) is 39.5 Å². The van der Waals surface area contributed by atoms with Crippen molar-refractivity contribution in [1.82, 2.24) is 29.8 Å². The minimum Gasteiger partial charge on any atom is -0.385 e. The highest BCUT2D eigenvalue weighted by Crippen LogP contribution is 2.31. The molecular weight excluding hydrogens is 590 g/mol. The van der Waals surface area contributed by atoms with Crippen LogP contribution in [0.3, 0.4) is 0 Å². The van der Waals surface area contributed by atoms with Gasteiger partial charge < -0.3 is 19.2 Å². The maximum absolute atomic E-state index is 12.7. The van der Waals surface area contributed by atoms with Gasteiger partial charge in [0, 0.05) is 43.7 Å². The molecular formula is C33H33N7O4S. The highest BCUT2D eigenvalue weighted by Gasteiger charge is 2.23. The molecule has 0 amide bonds. The van der Waals surface area contributed by atoms with Gasteiger partial charge in [0.15, 0.2) is 0 Å². The van der Waals surface area contributed by atoms with Crippen molar-refractivity contribution in [1.29, 1.82) is 0 Å². The zero-order valence-electron chi connectivity index (χ0n) is 24.9. The van der Waals surface area contributed by atoms with Crippen molar-refractivity contribution in [3.63, 3.8) is 0 Å². The molecule has 45 heavy (non-hydrogen) atoms. The van der Waals surface area contributed by atoms with Crippen LogP contribution in [0.5, 0.6) is 0 Å². The standard InChI is InChI=1S/C33H33N7O4S/c1-42-20-6-7-21-43-30-10-4-5-19-38(30)26-17-15-24(16-18-26)31-36-39-22-28(34-33(39)45-31)23-11-13-25(14-12-23)32(41)44-40-29-9-3-2-8-27(29)35-37-40/h2-3,8-9,11-18,22,30H,4-7,10,19-21H2,1H3. The average molecular weight is 624 g/mol. The Morgan fingerprint density at radius 3 is 2.58 bits per heavy atom. The second kappa shape index (κ2) is 13.1. The maximum atomic E-state index is 12.7. The van der Waals surface area contributed by atoms with Gasteiger partial charge >= 0.3 is 5.97 Å². The predicted molar refractivity (Wildman–Crippen MR) is 172 cm³/mol. The molecule has 1 aliphatic rings. The fourth-order valence-electron chi connectivity index (χ4n) is 5.51. The molecule has 0 spiro atoms. The van der Waals surface area contributed by atoms with Crippen LogP contribution in [0, 0.1) is 0 Å². The molecule has 1 unspecified atom stereocenters. The number of imidazole rings is 1. The Kier molecular flexibility index (Phi) is 8.50. The third-order valence-electron chi connectivity index (χ3n) is 7.90. The van der Waals surface area contributed by atoms with Gasteiger partial charge in [-0.05, 0) is 85.8 Å². The summed E-state index contributed by atoms with van der Waals surface area (Å²) in [5, 5.41) is 13.6. The molecule has 0 radical (unpaired) electrons. The van der Waals surface area contributed by atoms with E-state index in [9.17, 15) is 4.79 Å². The molecule has 0 saturated carbocycles. The van der Waals surface area contributed by atoms with E-state index in [1.54, 1.807) is 35.9 Å². The molecule has 0 bridgehead atoms. The van der Waals surface area contributed by atoms with Gasteiger partial charge in [0.1, 0.15) is 22.3 Å². The lowest BCUT2D eigenvalue weighted by Gasteiger charge is -2.37. The van der Waals surface area contributed by atoms with Crippen LogP contribution in [0.25, 0.3) is 37.8 Å². The maximum Gasteiger partial charge on any atom is 0.365 e. The lowest BCUT2D eigenvalue weighted by molar-refractivity contribution is 0.0299. The number of fused-ring (bicyclic) bond motifs is 2. The number of carbonyl (C=O) groups is 1. The van der Waals surface area contributed by atoms with Gasteiger partial charge in [0.2, 0.25) is 4.96 Å². The lowest BCUT2D eigenvalue weighted by Crippen LogP contribution is -2.41. The summed E-state index contributed by atoms with van der Waals surface area (Å²) in [7, 11) is 1.74. The Bertz CT molecular complexity index is 1870. The fourth-order valence-corrected chi connectivity index (χ4v) is 6.40. The quantitative estimate of drug-likeness (QED) is 0.129. The minimum absolute atomic E-state index is 0.113. The van der Waals surface area contributed by atoms with Crippen LogP contribution >= 0.6 is 11.3 Å². The number of anilines is 1. The van der Waals surface area contributed by atoms with Gasteiger partial charge in [-0.25, -0.2) is 14.3 Å². The molecule has 0 N–H and O–H groups in total. The second-order valence-corrected chi connectivity index (χ2v) is 11.9. The highest BCUT2D eigenvalue weighted by atomic mass is 32.1. The molecule has 1 atom stereocenters. The van der Waals surface area contributed by atoms with E-state index in [1.807, 2.05) is 30.5 Å². The zero-order valence-corrected chi connectivity index (χ0v) is 25.7. The number of carbonyl (C=O) groups excluding carboxylic acids is 1. The van der Waals surface area contributed by atoms with Crippen LogP contribution < -0.4 is 9.74 Å². The van der Waals surface area contributed by atoms with Crippen molar-refractivity contribution >= 4 is 39.0 Å². The summed E-state index contributed by atoms with van der Waals surface area (Å²) in [6.45, 7) is 2.52. The number of methoxy groups -OCH3 is 1. The van der Waals surface area contributed by atoms with Gasteiger partial charge in [0.25, 0.3) is 0 Å². The molecule has 6 aromatic rings. The van der Waals surface area contributed by atoms with Crippen molar-refractivity contribution in [2.75, 3.05) is 31.8 Å². The predicted octanol–water partition coefficient (Wildman–Crippen LogP) is 5.90. The van der Waals surface area contributed by atoms with Crippen LogP contribution in [0.2, 0.25) is 0 Å². The van der Waals surface area contributed by atoms with Crippen molar-refractivity contribution < 1.29 is 19.1 Å². The monoisotopic (exact) mass is 623 g/mol. The van der Waals surface area contributed by atoms with Gasteiger partial charge in [0.05, 0.1) is 17.5 Å². The molecule has 7 rings (SSSR count). The summed E-state index contributed by atoms with van der Waals surface area (Å²) in [6.07, 6.45) is 7.45. The minimum atomic E-state index is -0.526. The molecule has 3 aromatic carbocycles. The second-order valence-electron chi connectivity index (χ2n) is 10.9. The van der Waals surface area contributed by atoms with Gasteiger partial charge in [-0.3, -0.25) is 0 Å². The molecule has 1 fully saturated rings. The van der Waals surface area contributed by atoms with Gasteiger partial charge in [-0.1, -0.05) is 40.4 Å². The SMILES string of the molecule is COCCCCOC1CCCCN1c1ccc(-c2nn3cc(-c4ccc(C(=O)On5nnc6ccccc65)cc4)nc3s2)cc1. The van der Waals surface area contributed by atoms with E-state index in [-0.39, 0.29) is 6.23 Å². The summed E-state index contributed by atoms with van der Waals surface area (Å²) in [5.74, 6) is -0.526. The Labute approximate surface area is 263 Å². The highest BCUT2D eigenvalue weighted by molar-refractivity contribution is 7.19. The number of rotatable bonds is 11. The van der Waals surface area contributed by atoms with E-state index in [0.717, 1.165) is 70.7 Å². The third-order valence-corrected chi connectivity index (χ3v) is 8.87. The molecule has 11 nitrogen and oxygen atoms in total. The summed E-state index contributed by atoms with van der Waals surface area (Å²) < 4.78 is 13.2. The van der Waals surface area contributed by atoms with Crippen LogP contribution in [-0.2, 0) is 9.47 Å². The number of aromatic nitrogens is 6. The Morgan fingerprint density at radius 1 is 0.956 bits per heavy atom. The first-order valence-electron chi connectivity index (χ1n) is 15.1. The number of hydrogen-bond acceptors (Lipinski definition) is 10. The van der Waals surface area contributed by atoms with Crippen molar-refractivity contribution in [2.45, 2.75) is 38.3 Å². The molecule has 1 saturated heterocycles. The van der Waals surface area contributed by atoms with Crippen LogP contribution in [0.1, 0.15) is 42.5 Å². The summed E-state index contributed by atoms with van der Waals surface area (Å²) in [6, 6.07) is 23.0. The summed E-state index contributed by atoms with van der Waals surface area (Å²) in [4.78, 5) is 27.3. The number of benzene rings is 3. The summed E-state index contributed by atoms with van der Waals surface area (Å²) in [5.41, 5.74) is 5.53. The topological polar surface area (TPSA) is 109 Å². The number of piperidine rings is 1. The molecule has 0 aliphatic carbocycles. The van der Waals surface area contributed by atoms with Crippen molar-refractivity contribution in [3.05, 3.63) is 84.6 Å². The van der Waals surface area contributed by atoms with Crippen LogP contribution in [-0.4, -0.2) is 68.8 Å². The number of hydrogen-bond donors (Lipinski definition) is 0. The average Bonchev–Trinajstić information content (AvgIpc) is 3.79. The zero-order chi connectivity index (χ0) is 30.6. The third kappa shape index (κ3) is 6.30. The molecule has 4 heterocycles. The Balaban J connectivity index is 1.00. The number of ether oxygens (including phenoxy) is 2. The Morgan fingerprint density at radius 2 is 1.76 bits per heavy atom. The van der Waals surface area contributed by atoms with Crippen LogP contribution in [0.15, 0.2) is 79.0 Å². The van der Waals surface area contributed by atoms with Crippen LogP contribution in [0.4, 0.5) is 5.69 Å². The first-order chi connectivity index (χ1) is 22.2. The largest absolute Gasteiger partial charge is 0.385 e. The molecule has 12 heteroatoms.